The van der Waals surface area contributed by atoms with Crippen molar-refractivity contribution in [3.8, 4) is 11.4 Å². The Morgan fingerprint density at radius 3 is 2.57 bits per heavy atom. The van der Waals surface area contributed by atoms with Crippen LogP contribution in [0.15, 0.2) is 59.6 Å². The summed E-state index contributed by atoms with van der Waals surface area (Å²) in [6, 6.07) is 12.5. The molecule has 3 aromatic heterocycles. The number of carbonyl (C=O) groups excluding carboxylic acids is 1. The van der Waals surface area contributed by atoms with Gasteiger partial charge in [0.2, 0.25) is 0 Å². The van der Waals surface area contributed by atoms with Gasteiger partial charge in [-0.05, 0) is 62.7 Å². The van der Waals surface area contributed by atoms with Gasteiger partial charge < -0.3 is 20.1 Å². The number of aromatic nitrogens is 3. The van der Waals surface area contributed by atoms with Crippen LogP contribution in [0.5, 0.6) is 0 Å². The molecular weight excluding hydrogens is 561 g/mol. The van der Waals surface area contributed by atoms with E-state index in [-0.39, 0.29) is 29.2 Å². The normalized spacial score (nSPS) is 17.4. The van der Waals surface area contributed by atoms with Crippen molar-refractivity contribution in [1.29, 1.82) is 0 Å². The number of hydrogen-bond acceptors (Lipinski definition) is 9. The van der Waals surface area contributed by atoms with Gasteiger partial charge in [-0.3, -0.25) is 9.78 Å². The molecule has 4 heterocycles. The predicted octanol–water partition coefficient (Wildman–Crippen LogP) is 3.45. The fourth-order valence-corrected chi connectivity index (χ4v) is 6.16. The van der Waals surface area contributed by atoms with Crippen LogP contribution in [0.3, 0.4) is 0 Å². The van der Waals surface area contributed by atoms with Crippen molar-refractivity contribution in [2.75, 3.05) is 30.3 Å². The van der Waals surface area contributed by atoms with Crippen molar-refractivity contribution >= 4 is 32.5 Å². The van der Waals surface area contributed by atoms with Crippen LogP contribution in [0.2, 0.25) is 0 Å². The number of halogens is 1. The molecule has 1 aliphatic rings. The lowest BCUT2D eigenvalue weighted by molar-refractivity contribution is -0.00547. The summed E-state index contributed by atoms with van der Waals surface area (Å²) in [6.45, 7) is 6.42. The van der Waals surface area contributed by atoms with Crippen molar-refractivity contribution in [3.05, 3.63) is 77.4 Å². The number of anilines is 1. The first-order valence-electron chi connectivity index (χ1n) is 13.6. The topological polar surface area (TPSA) is 135 Å². The van der Waals surface area contributed by atoms with Gasteiger partial charge in [0, 0.05) is 42.4 Å². The quantitative estimate of drug-likeness (QED) is 0.315. The molecule has 5 rings (SSSR count). The molecule has 2 atom stereocenters. The molecule has 0 aliphatic carbocycles. The van der Waals surface area contributed by atoms with Gasteiger partial charge in [0.1, 0.15) is 11.6 Å². The van der Waals surface area contributed by atoms with E-state index in [4.69, 9.17) is 19.8 Å². The Bertz CT molecular complexity index is 1740. The lowest BCUT2D eigenvalue weighted by Gasteiger charge is -2.36. The number of aliphatic hydroxyl groups is 1. The third kappa shape index (κ3) is 6.72. The molecule has 10 nitrogen and oxygen atoms in total. The maximum atomic E-state index is 14.7. The summed E-state index contributed by atoms with van der Waals surface area (Å²) in [4.78, 5) is 28.7. The molecule has 12 heteroatoms. The molecular formula is C30H32FN5O5S. The molecule has 4 aromatic rings. The van der Waals surface area contributed by atoms with E-state index >= 15 is 0 Å². The zero-order valence-electron chi connectivity index (χ0n) is 23.5. The molecule has 2 N–H and O–H groups in total. The minimum Gasteiger partial charge on any atom is -0.395 e. The number of benzene rings is 1. The van der Waals surface area contributed by atoms with Crippen molar-refractivity contribution in [2.24, 2.45) is 0 Å². The number of aliphatic hydroxyl groups excluding tert-OH is 1. The Hall–Kier alpha value is -4.00. The van der Waals surface area contributed by atoms with Crippen molar-refractivity contribution in [1.82, 2.24) is 20.3 Å². The molecule has 0 saturated carbocycles. The third-order valence-corrected chi connectivity index (χ3v) is 8.55. The fraction of sp³-hybridized carbons (Fsp3) is 0.333. The van der Waals surface area contributed by atoms with Gasteiger partial charge in [0.15, 0.2) is 9.84 Å². The second-order valence-corrected chi connectivity index (χ2v) is 12.6. The van der Waals surface area contributed by atoms with Gasteiger partial charge in [-0.1, -0.05) is 0 Å². The molecule has 0 radical (unpaired) electrons. The van der Waals surface area contributed by atoms with E-state index < -0.39 is 33.9 Å². The number of morpholine rings is 1. The number of amides is 1. The molecule has 0 spiro atoms. The summed E-state index contributed by atoms with van der Waals surface area (Å²) in [6.07, 6.45) is 1.64. The first kappa shape index (κ1) is 29.5. The highest BCUT2D eigenvalue weighted by atomic mass is 32.2. The minimum absolute atomic E-state index is 0.000241. The number of nitrogens with zero attached hydrogens (tertiary/aromatic N) is 4. The highest BCUT2D eigenvalue weighted by Crippen LogP contribution is 2.26. The number of fused-ring (bicyclic) bond motifs is 1. The predicted molar refractivity (Wildman–Crippen MR) is 156 cm³/mol. The minimum atomic E-state index is -3.71. The van der Waals surface area contributed by atoms with Crippen molar-refractivity contribution in [2.45, 2.75) is 44.4 Å². The molecule has 0 bridgehead atoms. The van der Waals surface area contributed by atoms with E-state index in [1.807, 2.05) is 24.8 Å². The zero-order chi connectivity index (χ0) is 30.0. The van der Waals surface area contributed by atoms with E-state index in [9.17, 15) is 17.6 Å². The Balaban J connectivity index is 1.36. The fourth-order valence-electron chi connectivity index (χ4n) is 5.01. The lowest BCUT2D eigenvalue weighted by Crippen LogP contribution is -2.45. The summed E-state index contributed by atoms with van der Waals surface area (Å²) < 4.78 is 45.3. The third-order valence-electron chi connectivity index (χ3n) is 6.88. The summed E-state index contributed by atoms with van der Waals surface area (Å²) in [5.74, 6) is -0.780. The Labute approximate surface area is 243 Å². The molecule has 1 aromatic carbocycles. The Morgan fingerprint density at radius 2 is 1.83 bits per heavy atom. The molecule has 1 fully saturated rings. The largest absolute Gasteiger partial charge is 0.395 e. The maximum Gasteiger partial charge on any atom is 0.251 e. The number of carbonyl (C=O) groups is 1. The monoisotopic (exact) mass is 593 g/mol. The van der Waals surface area contributed by atoms with Crippen LogP contribution in [-0.4, -0.2) is 72.0 Å². The second-order valence-electron chi connectivity index (χ2n) is 10.5. The molecule has 1 amide bonds. The summed E-state index contributed by atoms with van der Waals surface area (Å²) in [5.41, 5.74) is 2.81. The number of pyridine rings is 3. The zero-order valence-corrected chi connectivity index (χ0v) is 24.4. The van der Waals surface area contributed by atoms with Gasteiger partial charge >= 0.3 is 0 Å². The van der Waals surface area contributed by atoms with Gasteiger partial charge in [-0.15, -0.1) is 0 Å². The van der Waals surface area contributed by atoms with Crippen molar-refractivity contribution in [3.63, 3.8) is 0 Å². The van der Waals surface area contributed by atoms with Gasteiger partial charge in [0.05, 0.1) is 58.6 Å². The number of rotatable bonds is 8. The standard InChI is InChI=1S/C30H32FN5O5S/c1-18-8-22(10-25(9-18)42(39,40)7-6-37)30(38)33-15-24-13-27-21(14-32-24)4-5-26(34-27)28-11-23(31)12-29(35-28)36-16-19(2)41-20(3)17-36/h4-5,8-14,19-20,37H,6-7,15-17H2,1-3H3,(H,33,38)/t19-,20+. The first-order valence-corrected chi connectivity index (χ1v) is 15.2. The summed E-state index contributed by atoms with van der Waals surface area (Å²) in [5, 5.41) is 12.6. The number of sulfone groups is 1. The molecule has 220 valence electrons. The highest BCUT2D eigenvalue weighted by Gasteiger charge is 2.24. The van der Waals surface area contributed by atoms with Crippen molar-refractivity contribution < 1.29 is 27.4 Å². The molecule has 42 heavy (non-hydrogen) atoms. The molecule has 1 aliphatic heterocycles. The van der Waals surface area contributed by atoms with Crippen LogP contribution in [0.1, 0.15) is 35.5 Å². The van der Waals surface area contributed by atoms with E-state index in [0.717, 1.165) is 5.39 Å². The van der Waals surface area contributed by atoms with Gasteiger partial charge in [-0.2, -0.15) is 0 Å². The number of aryl methyl sites for hydroxylation is 1. The van der Waals surface area contributed by atoms with Gasteiger partial charge in [0.25, 0.3) is 5.91 Å². The smallest absolute Gasteiger partial charge is 0.251 e. The van der Waals surface area contributed by atoms with Gasteiger partial charge in [-0.25, -0.2) is 22.8 Å². The van der Waals surface area contributed by atoms with Crippen LogP contribution in [-0.2, 0) is 21.1 Å². The van der Waals surface area contributed by atoms with Crippen LogP contribution >= 0.6 is 0 Å². The Morgan fingerprint density at radius 1 is 1.07 bits per heavy atom. The van der Waals surface area contributed by atoms with E-state index in [1.165, 1.54) is 24.3 Å². The lowest BCUT2D eigenvalue weighted by atomic mass is 10.1. The van der Waals surface area contributed by atoms with E-state index in [2.05, 4.69) is 10.3 Å². The summed E-state index contributed by atoms with van der Waals surface area (Å²) in [7, 11) is -3.71. The van der Waals surface area contributed by atoms with Crippen LogP contribution in [0.25, 0.3) is 22.3 Å². The van der Waals surface area contributed by atoms with Crippen LogP contribution < -0.4 is 10.2 Å². The maximum absolute atomic E-state index is 14.7. The SMILES string of the molecule is Cc1cc(C(=O)NCc2cc3nc(-c4cc(F)cc(N5C[C@@H](C)O[C@@H](C)C5)n4)ccc3cn2)cc(S(=O)(=O)CCO)c1. The number of nitrogens with one attached hydrogen (secondary N) is 1. The van der Waals surface area contributed by atoms with Crippen LogP contribution in [0.4, 0.5) is 10.2 Å². The molecule has 0 unspecified atom stereocenters. The highest BCUT2D eigenvalue weighted by molar-refractivity contribution is 7.91. The van der Waals surface area contributed by atoms with E-state index in [0.29, 0.717) is 47.1 Å². The Kier molecular flexibility index (Phi) is 8.48. The average Bonchev–Trinajstić information content (AvgIpc) is 2.94. The molecule has 1 saturated heterocycles. The first-order chi connectivity index (χ1) is 20.0. The summed E-state index contributed by atoms with van der Waals surface area (Å²) >= 11 is 0. The number of ether oxygens (including phenoxy) is 1. The number of hydrogen-bond donors (Lipinski definition) is 2. The van der Waals surface area contributed by atoms with Crippen LogP contribution in [0, 0.1) is 12.7 Å². The average molecular weight is 594 g/mol. The second kappa shape index (κ2) is 12.1. The van der Waals surface area contributed by atoms with E-state index in [1.54, 1.807) is 31.3 Å².